The van der Waals surface area contributed by atoms with Crippen molar-refractivity contribution in [3.8, 4) is 0 Å². The van der Waals surface area contributed by atoms with Crippen molar-refractivity contribution in [3.05, 3.63) is 57.2 Å². The van der Waals surface area contributed by atoms with E-state index in [-0.39, 0.29) is 5.91 Å². The molecular formula is C18H16N4OS2. The maximum absolute atomic E-state index is 12.3. The fraction of sp³-hybridized carbons (Fsp3) is 0.167. The second-order valence-electron chi connectivity index (χ2n) is 5.91. The van der Waals surface area contributed by atoms with Crippen LogP contribution in [0.15, 0.2) is 39.7 Å². The SMILES string of the molecule is Cc1ccc(N=C2NC(=O)/C(=C/c3c(C)nc4sccn34)S2)c(C)c1. The number of thiazole rings is 1. The molecule has 0 saturated carbocycles. The summed E-state index contributed by atoms with van der Waals surface area (Å²) in [6, 6.07) is 6.08. The highest BCUT2D eigenvalue weighted by Gasteiger charge is 2.25. The number of fused-ring (bicyclic) bond motifs is 1. The van der Waals surface area contributed by atoms with E-state index < -0.39 is 0 Å². The summed E-state index contributed by atoms with van der Waals surface area (Å²) in [7, 11) is 0. The molecule has 0 spiro atoms. The third kappa shape index (κ3) is 3.01. The molecule has 126 valence electrons. The number of thioether (sulfide) groups is 1. The number of imidazole rings is 1. The monoisotopic (exact) mass is 368 g/mol. The predicted octanol–water partition coefficient (Wildman–Crippen LogP) is 4.21. The Hall–Kier alpha value is -2.38. The molecule has 2 aromatic heterocycles. The molecule has 1 aliphatic heterocycles. The number of aliphatic imine (C=N–C) groups is 1. The molecular weight excluding hydrogens is 352 g/mol. The van der Waals surface area contributed by atoms with E-state index in [0.29, 0.717) is 10.1 Å². The van der Waals surface area contributed by atoms with E-state index >= 15 is 0 Å². The summed E-state index contributed by atoms with van der Waals surface area (Å²) in [5.74, 6) is -0.127. The molecule has 1 saturated heterocycles. The first-order valence-corrected chi connectivity index (χ1v) is 9.50. The van der Waals surface area contributed by atoms with Gasteiger partial charge in [0.15, 0.2) is 10.1 Å². The van der Waals surface area contributed by atoms with Crippen molar-refractivity contribution in [1.29, 1.82) is 0 Å². The largest absolute Gasteiger partial charge is 0.300 e. The molecule has 0 aliphatic carbocycles. The van der Waals surface area contributed by atoms with E-state index in [1.165, 1.54) is 17.3 Å². The Kier molecular flexibility index (Phi) is 3.97. The number of nitrogens with zero attached hydrogens (tertiary/aromatic N) is 3. The first-order chi connectivity index (χ1) is 12.0. The van der Waals surface area contributed by atoms with Crippen LogP contribution >= 0.6 is 23.1 Å². The molecule has 0 atom stereocenters. The minimum Gasteiger partial charge on any atom is -0.300 e. The molecule has 1 fully saturated rings. The Labute approximate surface area is 153 Å². The molecule has 7 heteroatoms. The van der Waals surface area contributed by atoms with Gasteiger partial charge in [0.2, 0.25) is 0 Å². The predicted molar refractivity (Wildman–Crippen MR) is 105 cm³/mol. The van der Waals surface area contributed by atoms with Gasteiger partial charge in [0.05, 0.1) is 22.0 Å². The number of rotatable bonds is 2. The van der Waals surface area contributed by atoms with Crippen LogP contribution in [-0.2, 0) is 4.79 Å². The standard InChI is InChI=1S/C18H16N4OS2/c1-10-4-5-13(11(2)8-10)20-17-21-16(23)15(25-17)9-14-12(3)19-18-22(14)6-7-24-18/h4-9H,1-3H3,(H,20,21,23)/b15-9-. The lowest BCUT2D eigenvalue weighted by molar-refractivity contribution is -0.115. The Morgan fingerprint density at radius 3 is 2.92 bits per heavy atom. The van der Waals surface area contributed by atoms with Crippen LogP contribution in [0.3, 0.4) is 0 Å². The lowest BCUT2D eigenvalue weighted by Gasteiger charge is -2.02. The van der Waals surface area contributed by atoms with Crippen molar-refractivity contribution < 1.29 is 4.79 Å². The number of hydrogen-bond donors (Lipinski definition) is 1. The molecule has 4 rings (SSSR count). The summed E-state index contributed by atoms with van der Waals surface area (Å²) in [5.41, 5.74) is 5.00. The quantitative estimate of drug-likeness (QED) is 0.689. The molecule has 1 N–H and O–H groups in total. The molecule has 25 heavy (non-hydrogen) atoms. The third-order valence-electron chi connectivity index (χ3n) is 3.98. The highest BCUT2D eigenvalue weighted by atomic mass is 32.2. The van der Waals surface area contributed by atoms with Gasteiger partial charge in [-0.05, 0) is 50.2 Å². The summed E-state index contributed by atoms with van der Waals surface area (Å²) < 4.78 is 2.00. The van der Waals surface area contributed by atoms with Crippen LogP contribution in [0.5, 0.6) is 0 Å². The number of carbonyl (C=O) groups is 1. The van der Waals surface area contributed by atoms with Crippen LogP contribution in [0.2, 0.25) is 0 Å². The molecule has 0 unspecified atom stereocenters. The zero-order valence-corrected chi connectivity index (χ0v) is 15.7. The average molecular weight is 368 g/mol. The molecule has 5 nitrogen and oxygen atoms in total. The van der Waals surface area contributed by atoms with E-state index in [9.17, 15) is 4.79 Å². The van der Waals surface area contributed by atoms with Crippen LogP contribution in [-0.4, -0.2) is 20.5 Å². The molecule has 0 radical (unpaired) electrons. The van der Waals surface area contributed by atoms with Crippen molar-refractivity contribution in [2.24, 2.45) is 4.99 Å². The molecule has 1 aromatic carbocycles. The van der Waals surface area contributed by atoms with Crippen LogP contribution in [0.4, 0.5) is 5.69 Å². The van der Waals surface area contributed by atoms with Gasteiger partial charge in [-0.25, -0.2) is 9.98 Å². The maximum atomic E-state index is 12.3. The normalized spacial score (nSPS) is 17.8. The number of carbonyl (C=O) groups excluding carboxylic acids is 1. The summed E-state index contributed by atoms with van der Waals surface area (Å²) in [6.07, 6.45) is 3.85. The lowest BCUT2D eigenvalue weighted by Crippen LogP contribution is -2.19. The highest BCUT2D eigenvalue weighted by molar-refractivity contribution is 8.18. The van der Waals surface area contributed by atoms with Gasteiger partial charge in [-0.15, -0.1) is 11.3 Å². The number of nitrogens with one attached hydrogen (secondary N) is 1. The number of amides is 1. The van der Waals surface area contributed by atoms with Gasteiger partial charge in [-0.3, -0.25) is 9.20 Å². The van der Waals surface area contributed by atoms with Crippen LogP contribution in [0.1, 0.15) is 22.5 Å². The van der Waals surface area contributed by atoms with E-state index in [4.69, 9.17) is 0 Å². The minimum atomic E-state index is -0.127. The maximum Gasteiger partial charge on any atom is 0.264 e. The number of hydrogen-bond acceptors (Lipinski definition) is 5. The Morgan fingerprint density at radius 2 is 2.12 bits per heavy atom. The number of aryl methyl sites for hydroxylation is 3. The van der Waals surface area contributed by atoms with Gasteiger partial charge >= 0.3 is 0 Å². The van der Waals surface area contributed by atoms with Crippen molar-refractivity contribution in [2.45, 2.75) is 20.8 Å². The van der Waals surface area contributed by atoms with E-state index in [1.54, 1.807) is 11.3 Å². The van der Waals surface area contributed by atoms with Gasteiger partial charge in [-0.1, -0.05) is 17.7 Å². The fourth-order valence-corrected chi connectivity index (χ4v) is 4.31. The van der Waals surface area contributed by atoms with Crippen LogP contribution < -0.4 is 5.32 Å². The van der Waals surface area contributed by atoms with E-state index in [2.05, 4.69) is 28.3 Å². The highest BCUT2D eigenvalue weighted by Crippen LogP contribution is 2.30. The second kappa shape index (κ2) is 6.16. The third-order valence-corrected chi connectivity index (χ3v) is 5.64. The van der Waals surface area contributed by atoms with Crippen molar-refractivity contribution in [1.82, 2.24) is 14.7 Å². The average Bonchev–Trinajstić information content (AvgIpc) is 3.21. The number of benzene rings is 1. The molecule has 3 heterocycles. The first kappa shape index (κ1) is 16.1. The Bertz CT molecular complexity index is 1060. The van der Waals surface area contributed by atoms with E-state index in [0.717, 1.165) is 27.6 Å². The second-order valence-corrected chi connectivity index (χ2v) is 7.81. The fourth-order valence-electron chi connectivity index (χ4n) is 2.73. The van der Waals surface area contributed by atoms with Crippen molar-refractivity contribution >= 4 is 50.9 Å². The number of aromatic nitrogens is 2. The minimum absolute atomic E-state index is 0.127. The molecule has 1 amide bonds. The topological polar surface area (TPSA) is 58.8 Å². The first-order valence-electron chi connectivity index (χ1n) is 7.80. The van der Waals surface area contributed by atoms with Crippen molar-refractivity contribution in [2.75, 3.05) is 0 Å². The van der Waals surface area contributed by atoms with Gasteiger partial charge in [0, 0.05) is 11.6 Å². The van der Waals surface area contributed by atoms with E-state index in [1.807, 2.05) is 48.0 Å². The summed E-state index contributed by atoms with van der Waals surface area (Å²) in [5, 5.41) is 5.44. The zero-order valence-electron chi connectivity index (χ0n) is 14.0. The molecule has 1 aliphatic rings. The van der Waals surface area contributed by atoms with Gasteiger partial charge < -0.3 is 5.32 Å². The van der Waals surface area contributed by atoms with Gasteiger partial charge in [0.25, 0.3) is 5.91 Å². The number of amidine groups is 1. The molecule has 0 bridgehead atoms. The Morgan fingerprint density at radius 1 is 1.28 bits per heavy atom. The zero-order chi connectivity index (χ0) is 17.6. The van der Waals surface area contributed by atoms with Crippen LogP contribution in [0, 0.1) is 20.8 Å². The summed E-state index contributed by atoms with van der Waals surface area (Å²) in [4.78, 5) is 23.0. The smallest absolute Gasteiger partial charge is 0.264 e. The van der Waals surface area contributed by atoms with Gasteiger partial charge in [0.1, 0.15) is 0 Å². The lowest BCUT2D eigenvalue weighted by atomic mass is 10.1. The Balaban J connectivity index is 1.67. The summed E-state index contributed by atoms with van der Waals surface area (Å²) in [6.45, 7) is 6.03. The molecule has 3 aromatic rings. The summed E-state index contributed by atoms with van der Waals surface area (Å²) >= 11 is 2.93. The van der Waals surface area contributed by atoms with Crippen molar-refractivity contribution in [3.63, 3.8) is 0 Å². The van der Waals surface area contributed by atoms with Crippen LogP contribution in [0.25, 0.3) is 11.0 Å². The van der Waals surface area contributed by atoms with Gasteiger partial charge in [-0.2, -0.15) is 0 Å².